The van der Waals surface area contributed by atoms with Gasteiger partial charge in [-0.1, -0.05) is 33.8 Å². The lowest BCUT2D eigenvalue weighted by molar-refractivity contribution is -0.144. The molecule has 4 rings (SSSR count). The van der Waals surface area contributed by atoms with Crippen molar-refractivity contribution >= 4 is 28.3 Å². The van der Waals surface area contributed by atoms with E-state index in [1.54, 1.807) is 23.5 Å². The summed E-state index contributed by atoms with van der Waals surface area (Å²) in [6.45, 7) is 8.31. The van der Waals surface area contributed by atoms with Crippen LogP contribution in [0.3, 0.4) is 0 Å². The number of nitrogens with zero attached hydrogens (tertiary/aromatic N) is 4. The third kappa shape index (κ3) is 6.43. The Balaban J connectivity index is 1.59. The number of aromatic nitrogens is 5. The summed E-state index contributed by atoms with van der Waals surface area (Å²) >= 11 is 1.69. The largest absolute Gasteiger partial charge is 0.453 e. The Hall–Kier alpha value is -3.21. The molecular weight excluding hydrogens is 513 g/mol. The second kappa shape index (κ2) is 11.7. The van der Waals surface area contributed by atoms with Crippen molar-refractivity contribution in [2.24, 2.45) is 5.92 Å². The molecule has 0 radical (unpaired) electrons. The molecule has 204 valence electrons. The lowest BCUT2D eigenvalue weighted by atomic mass is 10.00. The van der Waals surface area contributed by atoms with Crippen molar-refractivity contribution in [2.75, 3.05) is 0 Å². The van der Waals surface area contributed by atoms with Crippen LogP contribution in [0.25, 0.3) is 11.0 Å². The van der Waals surface area contributed by atoms with Crippen molar-refractivity contribution in [3.05, 3.63) is 63.6 Å². The van der Waals surface area contributed by atoms with E-state index in [1.165, 1.54) is 4.88 Å². The SMILES string of the molecule is CCC(CC)n1c(Cc2cccs2)nc2cc(C(=O)N[C@H](Cc3nc(C(F)(F)F)n[nH]3)CC(C)C)ccc21. The number of amides is 1. The van der Waals surface area contributed by atoms with Crippen LogP contribution in [0, 0.1) is 5.92 Å². The maximum Gasteiger partial charge on any atom is 0.453 e. The Morgan fingerprint density at radius 3 is 2.53 bits per heavy atom. The molecule has 0 saturated carbocycles. The fourth-order valence-electron chi connectivity index (χ4n) is 4.82. The summed E-state index contributed by atoms with van der Waals surface area (Å²) in [7, 11) is 0. The number of benzene rings is 1. The average molecular weight is 547 g/mol. The van der Waals surface area contributed by atoms with Crippen LogP contribution in [0.5, 0.6) is 0 Å². The fourth-order valence-corrected chi connectivity index (χ4v) is 5.52. The van der Waals surface area contributed by atoms with Crippen molar-refractivity contribution in [1.29, 1.82) is 0 Å². The molecule has 0 unspecified atom stereocenters. The van der Waals surface area contributed by atoms with E-state index in [1.807, 2.05) is 26.0 Å². The summed E-state index contributed by atoms with van der Waals surface area (Å²) in [6, 6.07) is 9.54. The van der Waals surface area contributed by atoms with Gasteiger partial charge in [0.15, 0.2) is 0 Å². The Labute approximate surface area is 223 Å². The Bertz CT molecular complexity index is 1360. The first-order valence-corrected chi connectivity index (χ1v) is 13.8. The number of carbonyl (C=O) groups is 1. The minimum atomic E-state index is -4.62. The quantitative estimate of drug-likeness (QED) is 0.223. The topological polar surface area (TPSA) is 88.5 Å². The maximum absolute atomic E-state index is 13.3. The second-order valence-electron chi connectivity index (χ2n) is 9.94. The van der Waals surface area contributed by atoms with E-state index in [0.29, 0.717) is 18.0 Å². The van der Waals surface area contributed by atoms with E-state index < -0.39 is 18.0 Å². The number of H-pyrrole nitrogens is 1. The minimum Gasteiger partial charge on any atom is -0.349 e. The first kappa shape index (κ1) is 27.8. The summed E-state index contributed by atoms with van der Waals surface area (Å²) < 4.78 is 41.0. The van der Waals surface area contributed by atoms with Gasteiger partial charge in [-0.15, -0.1) is 16.4 Å². The van der Waals surface area contributed by atoms with Gasteiger partial charge >= 0.3 is 6.18 Å². The molecule has 0 aliphatic carbocycles. The van der Waals surface area contributed by atoms with Crippen molar-refractivity contribution in [2.45, 2.75) is 78.1 Å². The molecule has 0 aliphatic rings. The number of hydrogen-bond donors (Lipinski definition) is 2. The van der Waals surface area contributed by atoms with Crippen molar-refractivity contribution in [3.63, 3.8) is 0 Å². The standard InChI is InChI=1S/C27H33F3N6OS/c1-5-19(6-2)36-22-10-9-17(13-21(22)32-24(36)15-20-8-7-11-38-20)25(37)31-18(12-16(3)4)14-23-33-26(35-34-23)27(28,29)30/h7-11,13,16,18-19H,5-6,12,14-15H2,1-4H3,(H,31,37)(H,33,34,35)/t18-/m0/s1. The molecule has 0 saturated heterocycles. The molecule has 38 heavy (non-hydrogen) atoms. The Kier molecular flexibility index (Phi) is 8.54. The van der Waals surface area contributed by atoms with Gasteiger partial charge in [-0.25, -0.2) is 9.97 Å². The molecule has 0 spiro atoms. The van der Waals surface area contributed by atoms with E-state index in [-0.39, 0.29) is 24.1 Å². The highest BCUT2D eigenvalue weighted by Gasteiger charge is 2.36. The maximum atomic E-state index is 13.3. The Morgan fingerprint density at radius 2 is 1.92 bits per heavy atom. The molecule has 1 atom stereocenters. The van der Waals surface area contributed by atoms with Crippen LogP contribution >= 0.6 is 11.3 Å². The number of hydrogen-bond acceptors (Lipinski definition) is 5. The van der Waals surface area contributed by atoms with Crippen molar-refractivity contribution < 1.29 is 18.0 Å². The van der Waals surface area contributed by atoms with Gasteiger partial charge in [0, 0.05) is 35.4 Å². The van der Waals surface area contributed by atoms with Crippen LogP contribution in [0.1, 0.15) is 85.7 Å². The van der Waals surface area contributed by atoms with Gasteiger partial charge in [0.2, 0.25) is 0 Å². The van der Waals surface area contributed by atoms with Gasteiger partial charge in [0.25, 0.3) is 11.7 Å². The van der Waals surface area contributed by atoms with Gasteiger partial charge in [0.1, 0.15) is 11.6 Å². The highest BCUT2D eigenvalue weighted by molar-refractivity contribution is 7.09. The van der Waals surface area contributed by atoms with Gasteiger partial charge in [-0.3, -0.25) is 9.89 Å². The third-order valence-electron chi connectivity index (χ3n) is 6.56. The smallest absolute Gasteiger partial charge is 0.349 e. The fraction of sp³-hybridized carbons (Fsp3) is 0.481. The summed E-state index contributed by atoms with van der Waals surface area (Å²) in [5.74, 6) is -0.245. The second-order valence-corrected chi connectivity index (χ2v) is 11.0. The molecule has 1 amide bonds. The average Bonchev–Trinajstić information content (AvgIpc) is 3.60. The number of halogens is 3. The molecular formula is C27H33F3N6OS. The summed E-state index contributed by atoms with van der Waals surface area (Å²) in [6.07, 6.45) is -1.28. The predicted octanol–water partition coefficient (Wildman–Crippen LogP) is 6.57. The van der Waals surface area contributed by atoms with Crippen LogP contribution in [0.2, 0.25) is 0 Å². The summed E-state index contributed by atoms with van der Waals surface area (Å²) in [4.78, 5) is 23.0. The molecule has 4 aromatic rings. The van der Waals surface area contributed by atoms with Crippen LogP contribution < -0.4 is 5.32 Å². The monoisotopic (exact) mass is 546 g/mol. The number of nitrogens with one attached hydrogen (secondary N) is 2. The molecule has 11 heteroatoms. The van der Waals surface area contributed by atoms with E-state index in [2.05, 4.69) is 50.4 Å². The number of alkyl halides is 3. The lowest BCUT2D eigenvalue weighted by Crippen LogP contribution is -2.37. The Morgan fingerprint density at radius 1 is 1.16 bits per heavy atom. The zero-order valence-electron chi connectivity index (χ0n) is 22.0. The lowest BCUT2D eigenvalue weighted by Gasteiger charge is -2.20. The number of thiophene rings is 1. The molecule has 0 aliphatic heterocycles. The third-order valence-corrected chi connectivity index (χ3v) is 7.44. The van der Waals surface area contributed by atoms with E-state index >= 15 is 0 Å². The van der Waals surface area contributed by atoms with Gasteiger partial charge < -0.3 is 9.88 Å². The summed E-state index contributed by atoms with van der Waals surface area (Å²) in [5.41, 5.74) is 2.19. The molecule has 2 N–H and O–H groups in total. The first-order chi connectivity index (χ1) is 18.1. The van der Waals surface area contributed by atoms with Crippen molar-refractivity contribution in [3.8, 4) is 0 Å². The zero-order chi connectivity index (χ0) is 27.4. The highest BCUT2D eigenvalue weighted by atomic mass is 32.1. The first-order valence-electron chi connectivity index (χ1n) is 12.9. The molecule has 3 aromatic heterocycles. The van der Waals surface area contributed by atoms with Crippen molar-refractivity contribution in [1.82, 2.24) is 30.0 Å². The minimum absolute atomic E-state index is 0.0841. The molecule has 0 bridgehead atoms. The number of imidazole rings is 1. The van der Waals surface area contributed by atoms with Gasteiger partial charge in [-0.2, -0.15) is 13.2 Å². The highest BCUT2D eigenvalue weighted by Crippen LogP contribution is 2.29. The van der Waals surface area contributed by atoms with Crippen LogP contribution in [-0.4, -0.2) is 36.7 Å². The molecule has 7 nitrogen and oxygen atoms in total. The van der Waals surface area contributed by atoms with E-state index in [0.717, 1.165) is 36.1 Å². The number of rotatable bonds is 11. The van der Waals surface area contributed by atoms with Crippen LogP contribution in [0.4, 0.5) is 13.2 Å². The molecule has 0 fully saturated rings. The normalized spacial score (nSPS) is 13.1. The van der Waals surface area contributed by atoms with Crippen LogP contribution in [0.15, 0.2) is 35.7 Å². The summed E-state index contributed by atoms with van der Waals surface area (Å²) in [5, 5.41) is 10.7. The van der Waals surface area contributed by atoms with Gasteiger partial charge in [-0.05, 0) is 54.8 Å². The number of aromatic amines is 1. The van der Waals surface area contributed by atoms with E-state index in [9.17, 15) is 18.0 Å². The predicted molar refractivity (Wildman–Crippen MR) is 142 cm³/mol. The number of carbonyl (C=O) groups excluding carboxylic acids is 1. The molecule has 1 aromatic carbocycles. The zero-order valence-corrected chi connectivity index (χ0v) is 22.8. The van der Waals surface area contributed by atoms with E-state index in [4.69, 9.17) is 4.98 Å². The number of fused-ring (bicyclic) bond motifs is 1. The van der Waals surface area contributed by atoms with Crippen LogP contribution in [-0.2, 0) is 19.0 Å². The van der Waals surface area contributed by atoms with Gasteiger partial charge in [0.05, 0.1) is 11.0 Å². The molecule has 3 heterocycles.